The van der Waals surface area contributed by atoms with E-state index >= 15 is 0 Å². The van der Waals surface area contributed by atoms with E-state index < -0.39 is 0 Å². The van der Waals surface area contributed by atoms with Gasteiger partial charge >= 0.3 is 5.97 Å². The molecule has 1 aliphatic rings. The Morgan fingerprint density at radius 3 is 3.11 bits per heavy atom. The van der Waals surface area contributed by atoms with Gasteiger partial charge in [-0.1, -0.05) is 0 Å². The van der Waals surface area contributed by atoms with Gasteiger partial charge in [-0.05, 0) is 6.42 Å². The third kappa shape index (κ3) is 2.01. The topological polar surface area (TPSA) is 46.5 Å². The van der Waals surface area contributed by atoms with E-state index in [0.29, 0.717) is 25.9 Å². The SMILES string of the molecule is O=C1CCC(O)CCO1. The summed E-state index contributed by atoms with van der Waals surface area (Å²) in [5, 5.41) is 8.97. The summed E-state index contributed by atoms with van der Waals surface area (Å²) in [5.41, 5.74) is 0. The highest BCUT2D eigenvalue weighted by atomic mass is 16.5. The molecule has 0 aromatic heterocycles. The Kier molecular flexibility index (Phi) is 2.05. The van der Waals surface area contributed by atoms with Crippen molar-refractivity contribution in [3.8, 4) is 0 Å². The molecule has 0 saturated carbocycles. The van der Waals surface area contributed by atoms with Crippen LogP contribution in [0.1, 0.15) is 19.3 Å². The highest BCUT2D eigenvalue weighted by Crippen LogP contribution is 2.07. The molecule has 1 saturated heterocycles. The lowest BCUT2D eigenvalue weighted by Gasteiger charge is -2.00. The predicted octanol–water partition coefficient (Wildman–Crippen LogP) is 0.0744. The molecule has 1 unspecified atom stereocenters. The molecule has 0 aliphatic carbocycles. The molecule has 52 valence electrons. The van der Waals surface area contributed by atoms with Gasteiger partial charge in [-0.2, -0.15) is 0 Å². The highest BCUT2D eigenvalue weighted by Gasteiger charge is 2.13. The van der Waals surface area contributed by atoms with Crippen molar-refractivity contribution >= 4 is 5.97 Å². The van der Waals surface area contributed by atoms with E-state index in [9.17, 15) is 4.79 Å². The number of hydrogen-bond donors (Lipinski definition) is 1. The summed E-state index contributed by atoms with van der Waals surface area (Å²) < 4.78 is 4.67. The maximum atomic E-state index is 10.5. The van der Waals surface area contributed by atoms with Crippen LogP contribution in [0.3, 0.4) is 0 Å². The number of esters is 1. The lowest BCUT2D eigenvalue weighted by Crippen LogP contribution is -2.04. The van der Waals surface area contributed by atoms with Crippen LogP contribution in [-0.4, -0.2) is 23.8 Å². The third-order valence-electron chi connectivity index (χ3n) is 1.40. The van der Waals surface area contributed by atoms with Crippen LogP contribution in [0.2, 0.25) is 0 Å². The average molecular weight is 130 g/mol. The largest absolute Gasteiger partial charge is 0.466 e. The first-order valence-electron chi connectivity index (χ1n) is 3.13. The molecule has 3 heteroatoms. The Hall–Kier alpha value is -0.570. The molecule has 0 amide bonds. The van der Waals surface area contributed by atoms with Crippen molar-refractivity contribution in [1.29, 1.82) is 0 Å². The Morgan fingerprint density at radius 1 is 1.56 bits per heavy atom. The van der Waals surface area contributed by atoms with Crippen LogP contribution in [0.15, 0.2) is 0 Å². The summed E-state index contributed by atoms with van der Waals surface area (Å²) in [4.78, 5) is 10.5. The standard InChI is InChI=1S/C6H10O3/c7-5-1-2-6(8)9-4-3-5/h5,7H,1-4H2. The number of cyclic esters (lactones) is 1. The Labute approximate surface area is 53.6 Å². The van der Waals surface area contributed by atoms with E-state index in [4.69, 9.17) is 5.11 Å². The van der Waals surface area contributed by atoms with E-state index in [0.717, 1.165) is 0 Å². The van der Waals surface area contributed by atoms with Gasteiger partial charge in [-0.25, -0.2) is 0 Å². The minimum Gasteiger partial charge on any atom is -0.466 e. The van der Waals surface area contributed by atoms with Gasteiger partial charge in [0.1, 0.15) is 0 Å². The maximum Gasteiger partial charge on any atom is 0.305 e. The number of rotatable bonds is 0. The molecular weight excluding hydrogens is 120 g/mol. The molecule has 0 spiro atoms. The van der Waals surface area contributed by atoms with Gasteiger partial charge in [0.2, 0.25) is 0 Å². The summed E-state index contributed by atoms with van der Waals surface area (Å²) in [5.74, 6) is -0.188. The molecule has 0 aromatic carbocycles. The predicted molar refractivity (Wildman–Crippen MR) is 30.8 cm³/mol. The molecule has 1 rings (SSSR count). The van der Waals surface area contributed by atoms with Gasteiger partial charge in [-0.3, -0.25) is 4.79 Å². The molecule has 1 heterocycles. The number of carbonyl (C=O) groups excluding carboxylic acids is 1. The molecule has 1 aliphatic heterocycles. The van der Waals surface area contributed by atoms with Crippen LogP contribution in [0, 0.1) is 0 Å². The number of aliphatic hydroxyl groups is 1. The molecule has 0 radical (unpaired) electrons. The Balaban J connectivity index is 2.34. The molecular formula is C6H10O3. The van der Waals surface area contributed by atoms with Crippen LogP contribution >= 0.6 is 0 Å². The number of ether oxygens (including phenoxy) is 1. The first-order chi connectivity index (χ1) is 4.29. The van der Waals surface area contributed by atoms with Crippen molar-refractivity contribution in [3.63, 3.8) is 0 Å². The quantitative estimate of drug-likeness (QED) is 0.472. The summed E-state index contributed by atoms with van der Waals surface area (Å²) in [6, 6.07) is 0. The zero-order valence-corrected chi connectivity index (χ0v) is 5.17. The fourth-order valence-corrected chi connectivity index (χ4v) is 0.810. The van der Waals surface area contributed by atoms with Gasteiger partial charge in [0, 0.05) is 12.8 Å². The minimum absolute atomic E-state index is 0.188. The van der Waals surface area contributed by atoms with E-state index in [1.807, 2.05) is 0 Å². The van der Waals surface area contributed by atoms with Crippen molar-refractivity contribution in [2.75, 3.05) is 6.61 Å². The second kappa shape index (κ2) is 2.82. The zero-order valence-electron chi connectivity index (χ0n) is 5.17. The monoisotopic (exact) mass is 130 g/mol. The van der Waals surface area contributed by atoms with Gasteiger partial charge < -0.3 is 9.84 Å². The zero-order chi connectivity index (χ0) is 6.69. The molecule has 1 atom stereocenters. The first-order valence-corrected chi connectivity index (χ1v) is 3.13. The molecule has 1 N–H and O–H groups in total. The van der Waals surface area contributed by atoms with Crippen molar-refractivity contribution < 1.29 is 14.6 Å². The summed E-state index contributed by atoms with van der Waals surface area (Å²) >= 11 is 0. The lowest BCUT2D eigenvalue weighted by atomic mass is 10.2. The number of hydrogen-bond acceptors (Lipinski definition) is 3. The Morgan fingerprint density at radius 2 is 2.33 bits per heavy atom. The average Bonchev–Trinajstić information content (AvgIpc) is 1.97. The first kappa shape index (κ1) is 6.55. The van der Waals surface area contributed by atoms with Crippen LogP contribution in [0.25, 0.3) is 0 Å². The second-order valence-electron chi connectivity index (χ2n) is 2.20. The smallest absolute Gasteiger partial charge is 0.305 e. The minimum atomic E-state index is -0.337. The van der Waals surface area contributed by atoms with E-state index in [1.54, 1.807) is 0 Å². The maximum absolute atomic E-state index is 10.5. The van der Waals surface area contributed by atoms with Gasteiger partial charge in [0.15, 0.2) is 0 Å². The molecule has 1 fully saturated rings. The second-order valence-corrected chi connectivity index (χ2v) is 2.20. The number of carbonyl (C=O) groups is 1. The van der Waals surface area contributed by atoms with Crippen molar-refractivity contribution in [2.45, 2.75) is 25.4 Å². The fraction of sp³-hybridized carbons (Fsp3) is 0.833. The van der Waals surface area contributed by atoms with Crippen LogP contribution in [0.4, 0.5) is 0 Å². The van der Waals surface area contributed by atoms with Crippen LogP contribution in [-0.2, 0) is 9.53 Å². The summed E-state index contributed by atoms with van der Waals surface area (Å²) in [6.45, 7) is 0.375. The van der Waals surface area contributed by atoms with E-state index in [1.165, 1.54) is 0 Å². The summed E-state index contributed by atoms with van der Waals surface area (Å²) in [6.07, 6.45) is 1.17. The van der Waals surface area contributed by atoms with Crippen molar-refractivity contribution in [1.82, 2.24) is 0 Å². The van der Waals surface area contributed by atoms with Gasteiger partial charge in [-0.15, -0.1) is 0 Å². The van der Waals surface area contributed by atoms with E-state index in [-0.39, 0.29) is 12.1 Å². The summed E-state index contributed by atoms with van der Waals surface area (Å²) in [7, 11) is 0. The molecule has 0 aromatic rings. The normalized spacial score (nSPS) is 29.0. The third-order valence-corrected chi connectivity index (χ3v) is 1.40. The van der Waals surface area contributed by atoms with Crippen molar-refractivity contribution in [2.24, 2.45) is 0 Å². The molecule has 0 bridgehead atoms. The fourth-order valence-electron chi connectivity index (χ4n) is 0.810. The van der Waals surface area contributed by atoms with Crippen molar-refractivity contribution in [3.05, 3.63) is 0 Å². The van der Waals surface area contributed by atoms with E-state index in [2.05, 4.69) is 4.74 Å². The highest BCUT2D eigenvalue weighted by molar-refractivity contribution is 5.69. The number of aliphatic hydroxyl groups excluding tert-OH is 1. The van der Waals surface area contributed by atoms with Crippen LogP contribution in [0.5, 0.6) is 0 Å². The van der Waals surface area contributed by atoms with Gasteiger partial charge in [0.05, 0.1) is 12.7 Å². The molecule has 9 heavy (non-hydrogen) atoms. The lowest BCUT2D eigenvalue weighted by molar-refractivity contribution is -0.142. The van der Waals surface area contributed by atoms with Crippen LogP contribution < -0.4 is 0 Å². The molecule has 3 nitrogen and oxygen atoms in total. The Bertz CT molecular complexity index is 111. The van der Waals surface area contributed by atoms with Gasteiger partial charge in [0.25, 0.3) is 0 Å².